The molecule has 0 spiro atoms. The van der Waals surface area contributed by atoms with Crippen molar-refractivity contribution < 1.29 is 10.2 Å². The van der Waals surface area contributed by atoms with Crippen LogP contribution in [0.5, 0.6) is 11.5 Å². The van der Waals surface area contributed by atoms with Gasteiger partial charge in [-0.1, -0.05) is 0 Å². The summed E-state index contributed by atoms with van der Waals surface area (Å²) < 4.78 is 0. The number of aromatic hydroxyl groups is 2. The Morgan fingerprint density at radius 3 is 2.40 bits per heavy atom. The van der Waals surface area contributed by atoms with Crippen LogP contribution >= 0.6 is 0 Å². The zero-order valence-electron chi connectivity index (χ0n) is 5.20. The summed E-state index contributed by atoms with van der Waals surface area (Å²) >= 11 is 0. The van der Waals surface area contributed by atoms with Crippen LogP contribution in [0, 0.1) is 5.41 Å². The second kappa shape index (κ2) is 2.39. The van der Waals surface area contributed by atoms with Gasteiger partial charge in [0, 0.05) is 6.21 Å². The fourth-order valence-electron chi connectivity index (χ4n) is 0.630. The molecule has 0 fully saturated rings. The molecule has 0 saturated carbocycles. The summed E-state index contributed by atoms with van der Waals surface area (Å²) in [6.07, 6.45) is 1.10. The Morgan fingerprint density at radius 2 is 1.90 bits per heavy atom. The molecule has 10 heavy (non-hydrogen) atoms. The Bertz CT molecular complexity index is 258. The van der Waals surface area contributed by atoms with E-state index >= 15 is 0 Å². The average Bonchev–Trinajstić information content (AvgIpc) is 1.95. The van der Waals surface area contributed by atoms with Crippen molar-refractivity contribution in [2.24, 2.45) is 0 Å². The fraction of sp³-hybridized carbons (Fsp3) is 0. The lowest BCUT2D eigenvalue weighted by molar-refractivity contribution is 0.403. The maximum Gasteiger partial charge on any atom is 0.158 e. The van der Waals surface area contributed by atoms with Crippen LogP contribution in [-0.4, -0.2) is 16.4 Å². The summed E-state index contributed by atoms with van der Waals surface area (Å²) in [4.78, 5) is 0. The summed E-state index contributed by atoms with van der Waals surface area (Å²) in [5.74, 6) is -0.355. The minimum absolute atomic E-state index is 0.161. The van der Waals surface area contributed by atoms with E-state index in [-0.39, 0.29) is 11.5 Å². The molecular weight excluding hydrogens is 130 g/mol. The van der Waals surface area contributed by atoms with Gasteiger partial charge in [0.15, 0.2) is 11.5 Å². The topological polar surface area (TPSA) is 64.3 Å². The fourth-order valence-corrected chi connectivity index (χ4v) is 0.630. The minimum atomic E-state index is -0.194. The lowest BCUT2D eigenvalue weighted by Gasteiger charge is -1.96. The molecule has 3 N–H and O–H groups in total. The van der Waals surface area contributed by atoms with Crippen molar-refractivity contribution in [2.75, 3.05) is 0 Å². The maximum absolute atomic E-state index is 8.88. The van der Waals surface area contributed by atoms with E-state index in [2.05, 4.69) is 0 Å². The summed E-state index contributed by atoms with van der Waals surface area (Å²) in [7, 11) is 0. The van der Waals surface area contributed by atoms with Gasteiger partial charge in [-0.05, 0) is 23.8 Å². The van der Waals surface area contributed by atoms with E-state index in [0.717, 1.165) is 6.21 Å². The quantitative estimate of drug-likeness (QED) is 0.400. The van der Waals surface area contributed by atoms with Crippen LogP contribution in [0.4, 0.5) is 0 Å². The number of phenols is 2. The predicted molar refractivity (Wildman–Crippen MR) is 37.7 cm³/mol. The molecule has 1 aromatic rings. The van der Waals surface area contributed by atoms with Crippen molar-refractivity contribution in [3.63, 3.8) is 0 Å². The van der Waals surface area contributed by atoms with E-state index in [1.165, 1.54) is 12.1 Å². The Morgan fingerprint density at radius 1 is 1.20 bits per heavy atom. The van der Waals surface area contributed by atoms with Crippen LogP contribution in [0.15, 0.2) is 18.2 Å². The number of hydrogen-bond donors (Lipinski definition) is 3. The summed E-state index contributed by atoms with van der Waals surface area (Å²) in [5, 5.41) is 24.5. The number of benzene rings is 1. The zero-order valence-corrected chi connectivity index (χ0v) is 5.20. The highest BCUT2D eigenvalue weighted by molar-refractivity contribution is 5.78. The monoisotopic (exact) mass is 137 g/mol. The molecule has 3 heteroatoms. The largest absolute Gasteiger partial charge is 0.504 e. The molecule has 1 aromatic carbocycles. The van der Waals surface area contributed by atoms with Gasteiger partial charge in [0.25, 0.3) is 0 Å². The van der Waals surface area contributed by atoms with Crippen molar-refractivity contribution in [1.82, 2.24) is 0 Å². The van der Waals surface area contributed by atoms with Gasteiger partial charge in [-0.2, -0.15) is 0 Å². The summed E-state index contributed by atoms with van der Waals surface area (Å²) in [5.41, 5.74) is 0.565. The van der Waals surface area contributed by atoms with Gasteiger partial charge < -0.3 is 15.6 Å². The maximum atomic E-state index is 8.88. The molecule has 0 bridgehead atoms. The first-order valence-electron chi connectivity index (χ1n) is 2.76. The molecule has 0 heterocycles. The molecular formula is C7H7NO2. The summed E-state index contributed by atoms with van der Waals surface area (Å²) in [6.45, 7) is 0. The van der Waals surface area contributed by atoms with Gasteiger partial charge in [-0.25, -0.2) is 0 Å². The Hall–Kier alpha value is -1.51. The Labute approximate surface area is 58.1 Å². The van der Waals surface area contributed by atoms with Crippen LogP contribution in [0.25, 0.3) is 0 Å². The van der Waals surface area contributed by atoms with Crippen molar-refractivity contribution in [3.8, 4) is 11.5 Å². The lowest BCUT2D eigenvalue weighted by atomic mass is 10.2. The highest BCUT2D eigenvalue weighted by Gasteiger charge is 1.96. The number of rotatable bonds is 1. The lowest BCUT2D eigenvalue weighted by Crippen LogP contribution is -1.77. The van der Waals surface area contributed by atoms with E-state index in [9.17, 15) is 0 Å². The number of nitrogens with one attached hydrogen (secondary N) is 1. The molecule has 3 nitrogen and oxygen atoms in total. The third-order valence-electron chi connectivity index (χ3n) is 1.17. The van der Waals surface area contributed by atoms with E-state index in [1.807, 2.05) is 0 Å². The van der Waals surface area contributed by atoms with Crippen LogP contribution < -0.4 is 0 Å². The molecule has 0 aliphatic heterocycles. The molecule has 0 saturated heterocycles. The molecule has 1 rings (SSSR count). The second-order valence-electron chi connectivity index (χ2n) is 1.89. The molecule has 0 aliphatic rings. The van der Waals surface area contributed by atoms with Gasteiger partial charge in [0.1, 0.15) is 0 Å². The standard InChI is InChI=1S/C7H7NO2/c8-4-5-1-2-6(9)7(10)3-5/h1-4,8-10H. The third-order valence-corrected chi connectivity index (χ3v) is 1.17. The van der Waals surface area contributed by atoms with E-state index < -0.39 is 0 Å². The Balaban J connectivity index is 3.16. The van der Waals surface area contributed by atoms with Gasteiger partial charge in [0.05, 0.1) is 0 Å². The van der Waals surface area contributed by atoms with Gasteiger partial charge >= 0.3 is 0 Å². The first-order chi connectivity index (χ1) is 4.74. The average molecular weight is 137 g/mol. The van der Waals surface area contributed by atoms with Crippen LogP contribution in [0.3, 0.4) is 0 Å². The molecule has 0 aliphatic carbocycles. The molecule has 52 valence electrons. The molecule has 0 radical (unpaired) electrons. The van der Waals surface area contributed by atoms with Crippen LogP contribution in [0.2, 0.25) is 0 Å². The second-order valence-corrected chi connectivity index (χ2v) is 1.89. The molecule has 0 amide bonds. The summed E-state index contributed by atoms with van der Waals surface area (Å²) in [6, 6.07) is 4.21. The third kappa shape index (κ3) is 1.07. The van der Waals surface area contributed by atoms with Crippen molar-refractivity contribution in [2.45, 2.75) is 0 Å². The molecule has 0 unspecified atom stereocenters. The van der Waals surface area contributed by atoms with Crippen LogP contribution in [-0.2, 0) is 0 Å². The van der Waals surface area contributed by atoms with E-state index in [4.69, 9.17) is 15.6 Å². The first-order valence-corrected chi connectivity index (χ1v) is 2.76. The first kappa shape index (κ1) is 6.61. The van der Waals surface area contributed by atoms with Gasteiger partial charge in [-0.3, -0.25) is 0 Å². The SMILES string of the molecule is N=Cc1ccc(O)c(O)c1. The Kier molecular flexibility index (Phi) is 1.58. The smallest absolute Gasteiger partial charge is 0.158 e. The van der Waals surface area contributed by atoms with E-state index in [1.54, 1.807) is 6.07 Å². The highest BCUT2D eigenvalue weighted by Crippen LogP contribution is 2.23. The minimum Gasteiger partial charge on any atom is -0.504 e. The van der Waals surface area contributed by atoms with E-state index in [0.29, 0.717) is 5.56 Å². The van der Waals surface area contributed by atoms with Crippen molar-refractivity contribution in [1.29, 1.82) is 5.41 Å². The predicted octanol–water partition coefficient (Wildman–Crippen LogP) is 1.10. The number of hydrogen-bond acceptors (Lipinski definition) is 3. The van der Waals surface area contributed by atoms with Gasteiger partial charge in [0.2, 0.25) is 0 Å². The molecule has 0 aromatic heterocycles. The van der Waals surface area contributed by atoms with Crippen molar-refractivity contribution >= 4 is 6.21 Å². The van der Waals surface area contributed by atoms with Gasteiger partial charge in [-0.15, -0.1) is 0 Å². The number of phenolic OH excluding ortho intramolecular Hbond substituents is 2. The van der Waals surface area contributed by atoms with Crippen LogP contribution in [0.1, 0.15) is 5.56 Å². The normalized spacial score (nSPS) is 9.20. The highest BCUT2D eigenvalue weighted by atomic mass is 16.3. The zero-order chi connectivity index (χ0) is 7.56. The van der Waals surface area contributed by atoms with Crippen molar-refractivity contribution in [3.05, 3.63) is 23.8 Å². The molecule has 0 atom stereocenters.